The van der Waals surface area contributed by atoms with E-state index in [2.05, 4.69) is 11.4 Å². The van der Waals surface area contributed by atoms with Crippen molar-refractivity contribution in [2.75, 3.05) is 5.75 Å². The van der Waals surface area contributed by atoms with E-state index in [-0.39, 0.29) is 5.75 Å². The second-order valence-corrected chi connectivity index (χ2v) is 7.08. The number of hydrogen-bond donors (Lipinski definition) is 1. The molecule has 1 heterocycles. The maximum absolute atomic E-state index is 12.0. The highest BCUT2D eigenvalue weighted by Crippen LogP contribution is 2.38. The van der Waals surface area contributed by atoms with Gasteiger partial charge >= 0.3 is 0 Å². The van der Waals surface area contributed by atoms with Crippen molar-refractivity contribution < 1.29 is 8.42 Å². The molecular formula is C13H14N2O2S. The van der Waals surface area contributed by atoms with E-state index < -0.39 is 15.4 Å². The van der Waals surface area contributed by atoms with Crippen molar-refractivity contribution in [2.45, 2.75) is 35.7 Å². The van der Waals surface area contributed by atoms with Gasteiger partial charge in [0.05, 0.1) is 16.7 Å². The van der Waals surface area contributed by atoms with Crippen molar-refractivity contribution in [1.82, 2.24) is 5.32 Å². The van der Waals surface area contributed by atoms with E-state index in [0.29, 0.717) is 22.9 Å². The molecular weight excluding hydrogens is 248 g/mol. The SMILES string of the molecule is N#CC1(NC2CC2)CCS(=O)(=O)c2ccccc21. The minimum absolute atomic E-state index is 0.0390. The van der Waals surface area contributed by atoms with Gasteiger partial charge in [-0.2, -0.15) is 5.26 Å². The highest BCUT2D eigenvalue weighted by atomic mass is 32.2. The Labute approximate surface area is 107 Å². The average molecular weight is 262 g/mol. The fourth-order valence-corrected chi connectivity index (χ4v) is 4.16. The summed E-state index contributed by atoms with van der Waals surface area (Å²) in [5, 5.41) is 12.9. The normalized spacial score (nSPS) is 29.3. The summed E-state index contributed by atoms with van der Waals surface area (Å²) < 4.78 is 24.1. The van der Waals surface area contributed by atoms with Crippen molar-refractivity contribution >= 4 is 9.84 Å². The molecule has 1 aromatic rings. The Morgan fingerprint density at radius 1 is 1.33 bits per heavy atom. The van der Waals surface area contributed by atoms with E-state index in [9.17, 15) is 13.7 Å². The van der Waals surface area contributed by atoms with Gasteiger partial charge in [0.2, 0.25) is 0 Å². The Bertz CT molecular complexity index is 629. The lowest BCUT2D eigenvalue weighted by Gasteiger charge is -2.34. The Balaban J connectivity index is 2.16. The van der Waals surface area contributed by atoms with E-state index in [1.54, 1.807) is 24.3 Å². The number of fused-ring (bicyclic) bond motifs is 1. The lowest BCUT2D eigenvalue weighted by atomic mass is 9.88. The molecule has 0 saturated heterocycles. The third-order valence-electron chi connectivity index (χ3n) is 3.65. The first kappa shape index (κ1) is 11.7. The van der Waals surface area contributed by atoms with Crippen molar-refractivity contribution in [3.05, 3.63) is 29.8 Å². The quantitative estimate of drug-likeness (QED) is 0.873. The molecule has 5 heteroatoms. The molecule has 0 bridgehead atoms. The van der Waals surface area contributed by atoms with Crippen molar-refractivity contribution in [2.24, 2.45) is 0 Å². The van der Waals surface area contributed by atoms with Gasteiger partial charge in [-0.1, -0.05) is 18.2 Å². The second-order valence-electron chi connectivity index (χ2n) is 5.00. The number of benzene rings is 1. The van der Waals surface area contributed by atoms with Crippen LogP contribution in [0.1, 0.15) is 24.8 Å². The van der Waals surface area contributed by atoms with Gasteiger partial charge in [-0.05, 0) is 25.3 Å². The smallest absolute Gasteiger partial charge is 0.178 e. The Morgan fingerprint density at radius 2 is 2.06 bits per heavy atom. The summed E-state index contributed by atoms with van der Waals surface area (Å²) in [5.41, 5.74) is -0.214. The molecule has 1 aromatic carbocycles. The Morgan fingerprint density at radius 3 is 2.72 bits per heavy atom. The number of nitriles is 1. The third-order valence-corrected chi connectivity index (χ3v) is 5.41. The van der Waals surface area contributed by atoms with E-state index in [0.717, 1.165) is 12.8 Å². The lowest BCUT2D eigenvalue weighted by Crippen LogP contribution is -2.47. The zero-order valence-corrected chi connectivity index (χ0v) is 10.7. The summed E-state index contributed by atoms with van der Waals surface area (Å²) in [5.74, 6) is 0.0390. The van der Waals surface area contributed by atoms with Crippen LogP contribution in [0.3, 0.4) is 0 Å². The van der Waals surface area contributed by atoms with Gasteiger partial charge in [0.1, 0.15) is 5.54 Å². The molecule has 1 aliphatic carbocycles. The predicted molar refractivity (Wildman–Crippen MR) is 66.6 cm³/mol. The average Bonchev–Trinajstić information content (AvgIpc) is 3.18. The molecule has 0 amide bonds. The molecule has 3 rings (SSSR count). The van der Waals surface area contributed by atoms with Gasteiger partial charge in [0.15, 0.2) is 9.84 Å². The zero-order chi connectivity index (χ0) is 12.8. The number of rotatable bonds is 2. The first-order chi connectivity index (χ1) is 8.57. The molecule has 1 aliphatic heterocycles. The van der Waals surface area contributed by atoms with Gasteiger partial charge in [-0.3, -0.25) is 5.32 Å². The lowest BCUT2D eigenvalue weighted by molar-refractivity contribution is 0.393. The standard InChI is InChI=1S/C13H14N2O2S/c14-9-13(15-10-5-6-10)7-8-18(16,17)12-4-2-1-3-11(12)13/h1-4,10,15H,5-8H2. The molecule has 1 atom stereocenters. The molecule has 1 fully saturated rings. The maximum Gasteiger partial charge on any atom is 0.178 e. The minimum atomic E-state index is -3.23. The van der Waals surface area contributed by atoms with Crippen LogP contribution in [0.4, 0.5) is 0 Å². The summed E-state index contributed by atoms with van der Waals surface area (Å²) in [6.45, 7) is 0. The molecule has 1 saturated carbocycles. The van der Waals surface area contributed by atoms with Crippen LogP contribution in [0.25, 0.3) is 0 Å². The van der Waals surface area contributed by atoms with Crippen LogP contribution in [0.15, 0.2) is 29.2 Å². The fraction of sp³-hybridized carbons (Fsp3) is 0.462. The van der Waals surface area contributed by atoms with E-state index >= 15 is 0 Å². The molecule has 4 nitrogen and oxygen atoms in total. The van der Waals surface area contributed by atoms with Crippen molar-refractivity contribution in [1.29, 1.82) is 5.26 Å². The number of sulfone groups is 1. The molecule has 94 valence electrons. The summed E-state index contributed by atoms with van der Waals surface area (Å²) in [6.07, 6.45) is 2.47. The number of nitrogens with zero attached hydrogens (tertiary/aromatic N) is 1. The first-order valence-electron chi connectivity index (χ1n) is 6.09. The zero-order valence-electron chi connectivity index (χ0n) is 9.89. The van der Waals surface area contributed by atoms with E-state index in [1.807, 2.05) is 0 Å². The molecule has 1 N–H and O–H groups in total. The molecule has 18 heavy (non-hydrogen) atoms. The van der Waals surface area contributed by atoms with Crippen molar-refractivity contribution in [3.8, 4) is 6.07 Å². The van der Waals surface area contributed by atoms with Gasteiger partial charge in [0, 0.05) is 11.6 Å². The number of hydrogen-bond acceptors (Lipinski definition) is 4. The fourth-order valence-electron chi connectivity index (χ4n) is 2.50. The summed E-state index contributed by atoms with van der Waals surface area (Å²) in [6, 6.07) is 9.52. The van der Waals surface area contributed by atoms with Gasteiger partial charge in [0.25, 0.3) is 0 Å². The van der Waals surface area contributed by atoms with Crippen LogP contribution in [0, 0.1) is 11.3 Å². The van der Waals surface area contributed by atoms with Crippen LogP contribution in [0.2, 0.25) is 0 Å². The van der Waals surface area contributed by atoms with Gasteiger partial charge in [-0.15, -0.1) is 0 Å². The predicted octanol–water partition coefficient (Wildman–Crippen LogP) is 1.33. The highest BCUT2D eigenvalue weighted by Gasteiger charge is 2.44. The summed E-state index contributed by atoms with van der Waals surface area (Å²) in [4.78, 5) is 0.311. The highest BCUT2D eigenvalue weighted by molar-refractivity contribution is 7.91. The largest absolute Gasteiger partial charge is 0.293 e. The van der Waals surface area contributed by atoms with Crippen LogP contribution in [-0.2, 0) is 15.4 Å². The van der Waals surface area contributed by atoms with Crippen LogP contribution in [0.5, 0.6) is 0 Å². The third kappa shape index (κ3) is 1.73. The molecule has 0 aromatic heterocycles. The van der Waals surface area contributed by atoms with Crippen molar-refractivity contribution in [3.63, 3.8) is 0 Å². The molecule has 0 spiro atoms. The van der Waals surface area contributed by atoms with Crippen LogP contribution < -0.4 is 5.32 Å². The summed E-state index contributed by atoms with van der Waals surface area (Å²) >= 11 is 0. The Kier molecular flexibility index (Phi) is 2.47. The molecule has 0 radical (unpaired) electrons. The topological polar surface area (TPSA) is 70.0 Å². The monoisotopic (exact) mass is 262 g/mol. The number of nitrogens with one attached hydrogen (secondary N) is 1. The van der Waals surface area contributed by atoms with Gasteiger partial charge in [-0.25, -0.2) is 8.42 Å². The maximum atomic E-state index is 12.0. The van der Waals surface area contributed by atoms with E-state index in [1.165, 1.54) is 0 Å². The summed E-state index contributed by atoms with van der Waals surface area (Å²) in [7, 11) is -3.23. The van der Waals surface area contributed by atoms with Crippen LogP contribution >= 0.6 is 0 Å². The van der Waals surface area contributed by atoms with Crippen LogP contribution in [-0.4, -0.2) is 20.2 Å². The van der Waals surface area contributed by atoms with Gasteiger partial charge < -0.3 is 0 Å². The molecule has 1 unspecified atom stereocenters. The first-order valence-corrected chi connectivity index (χ1v) is 7.74. The Hall–Kier alpha value is -1.38. The van der Waals surface area contributed by atoms with E-state index in [4.69, 9.17) is 0 Å². The molecule has 2 aliphatic rings. The minimum Gasteiger partial charge on any atom is -0.293 e. The second kappa shape index (κ2) is 3.81.